The van der Waals surface area contributed by atoms with E-state index in [0.29, 0.717) is 17.1 Å². The Morgan fingerprint density at radius 2 is 2.25 bits per heavy atom. The van der Waals surface area contributed by atoms with Crippen molar-refractivity contribution in [3.8, 4) is 11.5 Å². The lowest BCUT2D eigenvalue weighted by Crippen LogP contribution is -2.31. The molecule has 3 N–H and O–H groups in total. The maximum absolute atomic E-state index is 10.9. The van der Waals surface area contributed by atoms with Crippen molar-refractivity contribution < 1.29 is 19.4 Å². The SMILES string of the molecule is COc1cccc(CO)c1OC(C)C(N)=O. The highest BCUT2D eigenvalue weighted by atomic mass is 16.5. The summed E-state index contributed by atoms with van der Waals surface area (Å²) in [5.74, 6) is 0.230. The standard InChI is InChI=1S/C11H15NO4/c1-7(11(12)14)16-10-8(6-13)4-3-5-9(10)15-2/h3-5,7,13H,6H2,1-2H3,(H2,12,14). The number of aliphatic hydroxyl groups excluding tert-OH is 1. The van der Waals surface area contributed by atoms with Crippen molar-refractivity contribution in [3.63, 3.8) is 0 Å². The minimum absolute atomic E-state index is 0.196. The van der Waals surface area contributed by atoms with E-state index in [1.54, 1.807) is 18.2 Å². The quantitative estimate of drug-likeness (QED) is 0.761. The molecule has 5 heteroatoms. The normalized spacial score (nSPS) is 11.9. The molecule has 0 bridgehead atoms. The average molecular weight is 225 g/mol. The van der Waals surface area contributed by atoms with Gasteiger partial charge in [-0.3, -0.25) is 4.79 Å². The Hall–Kier alpha value is -1.75. The number of amides is 1. The summed E-state index contributed by atoms with van der Waals surface area (Å²) >= 11 is 0. The van der Waals surface area contributed by atoms with Crippen LogP contribution < -0.4 is 15.2 Å². The van der Waals surface area contributed by atoms with Gasteiger partial charge in [-0.1, -0.05) is 12.1 Å². The summed E-state index contributed by atoms with van der Waals surface area (Å²) < 4.78 is 10.4. The van der Waals surface area contributed by atoms with Gasteiger partial charge >= 0.3 is 0 Å². The first-order valence-electron chi connectivity index (χ1n) is 4.82. The second kappa shape index (κ2) is 5.37. The molecule has 16 heavy (non-hydrogen) atoms. The molecule has 0 saturated heterocycles. The third kappa shape index (κ3) is 2.64. The van der Waals surface area contributed by atoms with Gasteiger partial charge in [-0.25, -0.2) is 0 Å². The Balaban J connectivity index is 3.04. The zero-order valence-electron chi connectivity index (χ0n) is 9.27. The van der Waals surface area contributed by atoms with E-state index in [1.807, 2.05) is 0 Å². The van der Waals surface area contributed by atoms with Crippen molar-refractivity contribution >= 4 is 5.91 Å². The lowest BCUT2D eigenvalue weighted by molar-refractivity contribution is -0.124. The van der Waals surface area contributed by atoms with Crippen molar-refractivity contribution in [1.82, 2.24) is 0 Å². The molecule has 1 rings (SSSR count). The molecule has 1 aromatic carbocycles. The Bertz CT molecular complexity index is 356. The first-order valence-corrected chi connectivity index (χ1v) is 4.82. The Morgan fingerprint density at radius 3 is 2.75 bits per heavy atom. The van der Waals surface area contributed by atoms with E-state index in [4.69, 9.17) is 20.3 Å². The number of rotatable bonds is 5. The lowest BCUT2D eigenvalue weighted by Gasteiger charge is -2.16. The number of aliphatic hydroxyl groups is 1. The molecule has 0 saturated carbocycles. The number of benzene rings is 1. The van der Waals surface area contributed by atoms with Crippen molar-refractivity contribution in [2.45, 2.75) is 19.6 Å². The lowest BCUT2D eigenvalue weighted by atomic mass is 10.2. The van der Waals surface area contributed by atoms with Crippen molar-refractivity contribution in [1.29, 1.82) is 0 Å². The molecule has 0 aromatic heterocycles. The number of carbonyl (C=O) groups excluding carboxylic acids is 1. The monoisotopic (exact) mass is 225 g/mol. The number of nitrogens with two attached hydrogens (primary N) is 1. The molecule has 0 fully saturated rings. The summed E-state index contributed by atoms with van der Waals surface area (Å²) in [4.78, 5) is 10.9. The number of hydrogen-bond acceptors (Lipinski definition) is 4. The molecule has 1 amide bonds. The summed E-state index contributed by atoms with van der Waals surface area (Å²) in [6.45, 7) is 1.34. The van der Waals surface area contributed by atoms with Gasteiger partial charge < -0.3 is 20.3 Å². The number of methoxy groups -OCH3 is 1. The molecule has 0 aliphatic rings. The molecule has 0 spiro atoms. The highest BCUT2D eigenvalue weighted by Gasteiger charge is 2.16. The minimum atomic E-state index is -0.776. The average Bonchev–Trinajstić information content (AvgIpc) is 2.29. The second-order valence-corrected chi connectivity index (χ2v) is 3.27. The van der Waals surface area contributed by atoms with E-state index in [0.717, 1.165) is 0 Å². The number of carbonyl (C=O) groups is 1. The number of primary amides is 1. The van der Waals surface area contributed by atoms with Crippen LogP contribution in [0.25, 0.3) is 0 Å². The van der Waals surface area contributed by atoms with Gasteiger partial charge in [0.15, 0.2) is 17.6 Å². The van der Waals surface area contributed by atoms with Crippen LogP contribution in [0.4, 0.5) is 0 Å². The molecular formula is C11H15NO4. The first-order chi connectivity index (χ1) is 7.60. The van der Waals surface area contributed by atoms with Crippen LogP contribution in [0.15, 0.2) is 18.2 Å². The fourth-order valence-electron chi connectivity index (χ4n) is 1.22. The minimum Gasteiger partial charge on any atom is -0.493 e. The Kier molecular flexibility index (Phi) is 4.13. The van der Waals surface area contributed by atoms with Crippen molar-refractivity contribution in [2.75, 3.05) is 7.11 Å². The summed E-state index contributed by atoms with van der Waals surface area (Å²) in [5, 5.41) is 9.14. The van der Waals surface area contributed by atoms with Gasteiger partial charge in [0.05, 0.1) is 13.7 Å². The molecule has 0 heterocycles. The Morgan fingerprint density at radius 1 is 1.56 bits per heavy atom. The summed E-state index contributed by atoms with van der Waals surface area (Å²) in [7, 11) is 1.48. The molecule has 88 valence electrons. The molecular weight excluding hydrogens is 210 g/mol. The van der Waals surface area contributed by atoms with E-state index in [-0.39, 0.29) is 6.61 Å². The number of hydrogen-bond donors (Lipinski definition) is 2. The summed E-state index contributed by atoms with van der Waals surface area (Å²) in [6.07, 6.45) is -0.776. The van der Waals surface area contributed by atoms with Crippen LogP contribution in [-0.2, 0) is 11.4 Å². The van der Waals surface area contributed by atoms with Gasteiger partial charge in [-0.15, -0.1) is 0 Å². The van der Waals surface area contributed by atoms with Crippen LogP contribution in [0, 0.1) is 0 Å². The third-order valence-corrected chi connectivity index (χ3v) is 2.15. The summed E-state index contributed by atoms with van der Waals surface area (Å²) in [5.41, 5.74) is 5.65. The fourth-order valence-corrected chi connectivity index (χ4v) is 1.22. The van der Waals surface area contributed by atoms with Gasteiger partial charge in [-0.2, -0.15) is 0 Å². The molecule has 1 unspecified atom stereocenters. The maximum atomic E-state index is 10.9. The summed E-state index contributed by atoms with van der Waals surface area (Å²) in [6, 6.07) is 5.10. The van der Waals surface area contributed by atoms with Crippen LogP contribution >= 0.6 is 0 Å². The van der Waals surface area contributed by atoms with Crippen LogP contribution in [0.5, 0.6) is 11.5 Å². The zero-order valence-corrected chi connectivity index (χ0v) is 9.27. The Labute approximate surface area is 93.8 Å². The van der Waals surface area contributed by atoms with Gasteiger partial charge in [-0.05, 0) is 13.0 Å². The molecule has 1 atom stereocenters. The second-order valence-electron chi connectivity index (χ2n) is 3.27. The molecule has 5 nitrogen and oxygen atoms in total. The van der Waals surface area contributed by atoms with Crippen molar-refractivity contribution in [2.24, 2.45) is 5.73 Å². The van der Waals surface area contributed by atoms with Gasteiger partial charge in [0, 0.05) is 5.56 Å². The maximum Gasteiger partial charge on any atom is 0.258 e. The molecule has 0 aliphatic heterocycles. The molecule has 0 aliphatic carbocycles. The highest BCUT2D eigenvalue weighted by Crippen LogP contribution is 2.31. The zero-order chi connectivity index (χ0) is 12.1. The van der Waals surface area contributed by atoms with Gasteiger partial charge in [0.1, 0.15) is 0 Å². The van der Waals surface area contributed by atoms with Gasteiger partial charge in [0.25, 0.3) is 5.91 Å². The third-order valence-electron chi connectivity index (χ3n) is 2.15. The van der Waals surface area contributed by atoms with Crippen molar-refractivity contribution in [3.05, 3.63) is 23.8 Å². The van der Waals surface area contributed by atoms with E-state index < -0.39 is 12.0 Å². The van der Waals surface area contributed by atoms with Gasteiger partial charge in [0.2, 0.25) is 0 Å². The van der Waals surface area contributed by atoms with Crippen LogP contribution in [0.3, 0.4) is 0 Å². The number of para-hydroxylation sites is 1. The number of ether oxygens (including phenoxy) is 2. The van der Waals surface area contributed by atoms with E-state index in [1.165, 1.54) is 14.0 Å². The predicted octanol–water partition coefficient (Wildman–Crippen LogP) is 0.440. The first kappa shape index (κ1) is 12.3. The smallest absolute Gasteiger partial charge is 0.258 e. The highest BCUT2D eigenvalue weighted by molar-refractivity contribution is 5.78. The van der Waals surface area contributed by atoms with Crippen LogP contribution in [0.2, 0.25) is 0 Å². The van der Waals surface area contributed by atoms with E-state index >= 15 is 0 Å². The van der Waals surface area contributed by atoms with E-state index in [9.17, 15) is 4.79 Å². The van der Waals surface area contributed by atoms with Crippen LogP contribution in [-0.4, -0.2) is 24.2 Å². The predicted molar refractivity (Wildman–Crippen MR) is 58.2 cm³/mol. The largest absolute Gasteiger partial charge is 0.493 e. The fraction of sp³-hybridized carbons (Fsp3) is 0.364. The topological polar surface area (TPSA) is 81.8 Å². The van der Waals surface area contributed by atoms with Crippen LogP contribution in [0.1, 0.15) is 12.5 Å². The molecule has 0 radical (unpaired) electrons. The van der Waals surface area contributed by atoms with E-state index in [2.05, 4.69) is 0 Å². The molecule has 1 aromatic rings.